The molecule has 26 heavy (non-hydrogen) atoms. The van der Waals surface area contributed by atoms with Gasteiger partial charge in [0, 0.05) is 6.61 Å². The zero-order valence-corrected chi connectivity index (χ0v) is 20.6. The summed E-state index contributed by atoms with van der Waals surface area (Å²) in [7, 11) is -3.58. The van der Waals surface area contributed by atoms with E-state index in [1.807, 2.05) is 24.3 Å². The maximum atomic E-state index is 10.5. The second-order valence-electron chi connectivity index (χ2n) is 10.3. The lowest BCUT2D eigenvalue weighted by molar-refractivity contribution is 0.136. The Balaban J connectivity index is 2.63. The van der Waals surface area contributed by atoms with Gasteiger partial charge in [-0.05, 0) is 60.4 Å². The maximum Gasteiger partial charge on any atom is 0.250 e. The van der Waals surface area contributed by atoms with E-state index in [1.54, 1.807) is 0 Å². The third-order valence-corrected chi connectivity index (χ3v) is 15.0. The van der Waals surface area contributed by atoms with Crippen LogP contribution in [0, 0.1) is 0 Å². The molecule has 150 valence electrons. The van der Waals surface area contributed by atoms with Gasteiger partial charge < -0.3 is 14.0 Å². The van der Waals surface area contributed by atoms with E-state index in [4.69, 9.17) is 8.85 Å². The van der Waals surface area contributed by atoms with Gasteiger partial charge in [-0.15, -0.1) is 0 Å². The van der Waals surface area contributed by atoms with Crippen molar-refractivity contribution < 1.29 is 14.0 Å². The second-order valence-corrected chi connectivity index (χ2v) is 19.9. The van der Waals surface area contributed by atoms with Gasteiger partial charge in [-0.3, -0.25) is 0 Å². The molecule has 0 heterocycles. The van der Waals surface area contributed by atoms with Crippen LogP contribution in [0.25, 0.3) is 0 Å². The number of hydrogen-bond acceptors (Lipinski definition) is 3. The molecule has 0 aliphatic carbocycles. The standard InChI is InChI=1S/C21H40O3Si2/c1-20(2,3)25(7,8)23-16-15-19(22)17-11-13-18(14-12-17)24-26(9,10)21(4,5)6/h11-14,19,22H,15-16H2,1-10H3. The van der Waals surface area contributed by atoms with Gasteiger partial charge in [0.1, 0.15) is 5.75 Å². The van der Waals surface area contributed by atoms with Crippen LogP contribution in [-0.4, -0.2) is 28.3 Å². The summed E-state index contributed by atoms with van der Waals surface area (Å²) in [6.07, 6.45) is 0.122. The lowest BCUT2D eigenvalue weighted by atomic mass is 10.1. The molecule has 0 aliphatic rings. The van der Waals surface area contributed by atoms with Gasteiger partial charge in [-0.1, -0.05) is 53.7 Å². The van der Waals surface area contributed by atoms with Crippen molar-refractivity contribution in [1.29, 1.82) is 0 Å². The first-order valence-electron chi connectivity index (χ1n) is 9.68. The van der Waals surface area contributed by atoms with Gasteiger partial charge in [-0.25, -0.2) is 0 Å². The van der Waals surface area contributed by atoms with Gasteiger partial charge in [0.05, 0.1) is 6.10 Å². The average molecular weight is 397 g/mol. The Hall–Kier alpha value is -0.626. The molecule has 5 heteroatoms. The van der Waals surface area contributed by atoms with Gasteiger partial charge in [0.2, 0.25) is 8.32 Å². The van der Waals surface area contributed by atoms with Crippen LogP contribution in [0.3, 0.4) is 0 Å². The normalized spacial score (nSPS) is 15.0. The summed E-state index contributed by atoms with van der Waals surface area (Å²) in [5, 5.41) is 10.8. The van der Waals surface area contributed by atoms with Gasteiger partial charge in [0.25, 0.3) is 0 Å². The number of aliphatic hydroxyl groups excluding tert-OH is 1. The zero-order valence-electron chi connectivity index (χ0n) is 18.6. The predicted octanol–water partition coefficient (Wildman–Crippen LogP) is 6.52. The number of benzene rings is 1. The third-order valence-electron chi connectivity index (χ3n) is 6.10. The van der Waals surface area contributed by atoms with Crippen LogP contribution in [0.15, 0.2) is 24.3 Å². The molecular formula is C21H40O3Si2. The molecule has 0 amide bonds. The molecule has 0 saturated carbocycles. The number of rotatable bonds is 7. The molecule has 1 N–H and O–H groups in total. The van der Waals surface area contributed by atoms with Crippen molar-refractivity contribution in [3.05, 3.63) is 29.8 Å². The highest BCUT2D eigenvalue weighted by Crippen LogP contribution is 2.38. The Bertz CT molecular complexity index is 566. The second kappa shape index (κ2) is 8.17. The molecule has 0 saturated heterocycles. The molecule has 1 rings (SSSR count). The minimum atomic E-state index is -1.83. The lowest BCUT2D eigenvalue weighted by Crippen LogP contribution is -2.43. The predicted molar refractivity (Wildman–Crippen MR) is 117 cm³/mol. The van der Waals surface area contributed by atoms with Gasteiger partial charge >= 0.3 is 0 Å². The number of hydrogen-bond donors (Lipinski definition) is 1. The minimum Gasteiger partial charge on any atom is -0.544 e. The van der Waals surface area contributed by atoms with E-state index in [1.165, 1.54) is 0 Å². The smallest absolute Gasteiger partial charge is 0.250 e. The average Bonchev–Trinajstić information content (AvgIpc) is 2.44. The summed E-state index contributed by atoms with van der Waals surface area (Å²) in [6.45, 7) is 23.0. The number of aliphatic hydroxyl groups is 1. The molecule has 1 aromatic carbocycles. The Morgan fingerprint density at radius 3 is 1.73 bits per heavy atom. The van der Waals surface area contributed by atoms with E-state index >= 15 is 0 Å². The van der Waals surface area contributed by atoms with Gasteiger partial charge in [0.15, 0.2) is 8.32 Å². The highest BCUT2D eigenvalue weighted by atomic mass is 28.4. The van der Waals surface area contributed by atoms with Crippen molar-refractivity contribution >= 4 is 16.6 Å². The van der Waals surface area contributed by atoms with Crippen LogP contribution < -0.4 is 4.43 Å². The molecule has 1 atom stereocenters. The highest BCUT2D eigenvalue weighted by Gasteiger charge is 2.39. The summed E-state index contributed by atoms with van der Waals surface area (Å²) < 4.78 is 12.5. The quantitative estimate of drug-likeness (QED) is 0.533. The lowest BCUT2D eigenvalue weighted by Gasteiger charge is -2.36. The molecular weight excluding hydrogens is 356 g/mol. The van der Waals surface area contributed by atoms with Gasteiger partial charge in [-0.2, -0.15) is 0 Å². The van der Waals surface area contributed by atoms with E-state index in [0.29, 0.717) is 13.0 Å². The van der Waals surface area contributed by atoms with Crippen LogP contribution in [0.4, 0.5) is 0 Å². The Labute approximate surface area is 163 Å². The molecule has 0 bridgehead atoms. The molecule has 0 radical (unpaired) electrons. The van der Waals surface area contributed by atoms with Crippen molar-refractivity contribution in [2.45, 2.75) is 90.3 Å². The van der Waals surface area contributed by atoms with E-state index in [2.05, 4.69) is 67.7 Å². The topological polar surface area (TPSA) is 38.7 Å². The van der Waals surface area contributed by atoms with E-state index in [-0.39, 0.29) is 10.1 Å². The zero-order chi connectivity index (χ0) is 20.4. The molecule has 0 spiro atoms. The van der Waals surface area contributed by atoms with E-state index in [9.17, 15) is 5.11 Å². The van der Waals surface area contributed by atoms with E-state index < -0.39 is 22.7 Å². The SMILES string of the molecule is CC(C)(C)[Si](C)(C)OCCC(O)c1ccc(O[Si](C)(C)C(C)(C)C)cc1. The Morgan fingerprint density at radius 2 is 1.31 bits per heavy atom. The molecule has 0 aliphatic heterocycles. The highest BCUT2D eigenvalue weighted by molar-refractivity contribution is 6.75. The van der Waals surface area contributed by atoms with Crippen molar-refractivity contribution in [2.24, 2.45) is 0 Å². The molecule has 1 aromatic rings. The molecule has 0 fully saturated rings. The van der Waals surface area contributed by atoms with Crippen LogP contribution in [0.1, 0.15) is 59.6 Å². The molecule has 1 unspecified atom stereocenters. The summed E-state index contributed by atoms with van der Waals surface area (Å²) >= 11 is 0. The summed E-state index contributed by atoms with van der Waals surface area (Å²) in [6, 6.07) is 7.90. The Kier molecular flexibility index (Phi) is 7.36. The Morgan fingerprint density at radius 1 is 0.846 bits per heavy atom. The van der Waals surface area contributed by atoms with Crippen LogP contribution >= 0.6 is 0 Å². The summed E-state index contributed by atoms with van der Waals surface area (Å²) in [5.74, 6) is 0.894. The minimum absolute atomic E-state index is 0.173. The van der Waals surface area contributed by atoms with Crippen molar-refractivity contribution in [3.63, 3.8) is 0 Å². The monoisotopic (exact) mass is 396 g/mol. The van der Waals surface area contributed by atoms with E-state index in [0.717, 1.165) is 11.3 Å². The fourth-order valence-electron chi connectivity index (χ4n) is 2.01. The molecule has 3 nitrogen and oxygen atoms in total. The molecule has 0 aromatic heterocycles. The first kappa shape index (κ1) is 23.4. The first-order chi connectivity index (χ1) is 11.6. The third kappa shape index (κ3) is 6.22. The largest absolute Gasteiger partial charge is 0.544 e. The van der Waals surface area contributed by atoms with Crippen LogP contribution in [0.5, 0.6) is 5.75 Å². The fraction of sp³-hybridized carbons (Fsp3) is 0.714. The summed E-state index contributed by atoms with van der Waals surface area (Å²) in [5.41, 5.74) is 0.923. The first-order valence-corrected chi connectivity index (χ1v) is 15.5. The van der Waals surface area contributed by atoms with Crippen molar-refractivity contribution in [2.75, 3.05) is 6.61 Å². The summed E-state index contributed by atoms with van der Waals surface area (Å²) in [4.78, 5) is 0. The van der Waals surface area contributed by atoms with Crippen molar-refractivity contribution in [1.82, 2.24) is 0 Å². The van der Waals surface area contributed by atoms with Crippen LogP contribution in [0.2, 0.25) is 36.3 Å². The maximum absolute atomic E-state index is 10.5. The fourth-order valence-corrected chi connectivity index (χ4v) is 4.11. The van der Waals surface area contributed by atoms with Crippen molar-refractivity contribution in [3.8, 4) is 5.75 Å². The van der Waals surface area contributed by atoms with Crippen LogP contribution in [-0.2, 0) is 4.43 Å².